The van der Waals surface area contributed by atoms with Gasteiger partial charge in [-0.2, -0.15) is 5.10 Å². The van der Waals surface area contributed by atoms with Gasteiger partial charge < -0.3 is 10.6 Å². The Morgan fingerprint density at radius 2 is 2.07 bits per heavy atom. The molecule has 2 N–H and O–H groups in total. The molecule has 0 bridgehead atoms. The minimum Gasteiger partial charge on any atom is -0.311 e. The first-order chi connectivity index (χ1) is 13.7. The largest absolute Gasteiger partial charge is 0.311 e. The number of thiophene rings is 1. The summed E-state index contributed by atoms with van der Waals surface area (Å²) in [5.74, 6) is 0.378. The summed E-state index contributed by atoms with van der Waals surface area (Å²) in [5, 5.41) is 12.2. The van der Waals surface area contributed by atoms with Gasteiger partial charge in [-0.05, 0) is 24.3 Å². The SMILES string of the molecule is Cn1nc(NC(=O)C2CCN(S(C)(=O)=O)CC2)c2c1NC(=O)C[C@H]2c1cccs1. The zero-order valence-electron chi connectivity index (χ0n) is 16.2. The van der Waals surface area contributed by atoms with E-state index in [1.54, 1.807) is 23.1 Å². The molecule has 0 saturated carbocycles. The first-order valence-corrected chi connectivity index (χ1v) is 12.1. The van der Waals surface area contributed by atoms with Crippen molar-refractivity contribution >= 4 is 44.8 Å². The summed E-state index contributed by atoms with van der Waals surface area (Å²) < 4.78 is 26.3. The molecule has 0 aliphatic carbocycles. The van der Waals surface area contributed by atoms with Crippen molar-refractivity contribution in [1.82, 2.24) is 14.1 Å². The Labute approximate surface area is 173 Å². The minimum atomic E-state index is -3.23. The lowest BCUT2D eigenvalue weighted by atomic mass is 9.91. The van der Waals surface area contributed by atoms with Crippen molar-refractivity contribution in [2.24, 2.45) is 13.0 Å². The third-order valence-electron chi connectivity index (χ3n) is 5.50. The number of hydrogen-bond acceptors (Lipinski definition) is 6. The Bertz CT molecular complexity index is 1040. The molecule has 0 unspecified atom stereocenters. The van der Waals surface area contributed by atoms with E-state index in [1.165, 1.54) is 10.6 Å². The Morgan fingerprint density at radius 3 is 2.69 bits per heavy atom. The van der Waals surface area contributed by atoms with Gasteiger partial charge in [0.05, 0.1) is 6.26 Å². The van der Waals surface area contributed by atoms with Crippen molar-refractivity contribution in [2.45, 2.75) is 25.2 Å². The van der Waals surface area contributed by atoms with Gasteiger partial charge in [0.1, 0.15) is 5.82 Å². The zero-order valence-corrected chi connectivity index (χ0v) is 17.8. The van der Waals surface area contributed by atoms with E-state index in [0.717, 1.165) is 10.4 Å². The van der Waals surface area contributed by atoms with E-state index in [9.17, 15) is 18.0 Å². The second-order valence-electron chi connectivity index (χ2n) is 7.48. The summed E-state index contributed by atoms with van der Waals surface area (Å²) in [7, 11) is -1.50. The van der Waals surface area contributed by atoms with Crippen LogP contribution in [0.25, 0.3) is 0 Å². The van der Waals surface area contributed by atoms with E-state index in [0.29, 0.717) is 44.0 Å². The monoisotopic (exact) mass is 437 g/mol. The highest BCUT2D eigenvalue weighted by atomic mass is 32.2. The number of rotatable bonds is 4. The van der Waals surface area contributed by atoms with Gasteiger partial charge in [-0.25, -0.2) is 12.7 Å². The van der Waals surface area contributed by atoms with Crippen LogP contribution in [-0.2, 0) is 26.7 Å². The Morgan fingerprint density at radius 1 is 1.34 bits per heavy atom. The van der Waals surface area contributed by atoms with E-state index in [1.807, 2.05) is 17.5 Å². The number of amides is 2. The summed E-state index contributed by atoms with van der Waals surface area (Å²) >= 11 is 1.57. The maximum atomic E-state index is 12.9. The van der Waals surface area contributed by atoms with Gasteiger partial charge in [0.2, 0.25) is 21.8 Å². The Balaban J connectivity index is 1.55. The fraction of sp³-hybridized carbons (Fsp3) is 0.500. The number of hydrogen-bond donors (Lipinski definition) is 2. The number of nitrogens with one attached hydrogen (secondary N) is 2. The molecule has 0 aromatic carbocycles. The third kappa shape index (κ3) is 3.94. The van der Waals surface area contributed by atoms with Crippen LogP contribution in [0.2, 0.25) is 0 Å². The van der Waals surface area contributed by atoms with Gasteiger partial charge in [0.25, 0.3) is 0 Å². The smallest absolute Gasteiger partial charge is 0.228 e. The van der Waals surface area contributed by atoms with Crippen LogP contribution >= 0.6 is 11.3 Å². The number of aromatic nitrogens is 2. The number of anilines is 2. The molecule has 4 rings (SSSR count). The highest BCUT2D eigenvalue weighted by Crippen LogP contribution is 2.42. The standard InChI is InChI=1S/C18H23N5O4S2/c1-22-17-15(12(10-14(24)19-17)13-4-3-9-28-13)16(21-22)20-18(25)11-5-7-23(8-6-11)29(2,26)27/h3-4,9,11-12H,5-8,10H2,1-2H3,(H,19,24)(H,20,21,25)/t12-/m0/s1. The van der Waals surface area contributed by atoms with Crippen LogP contribution in [0, 0.1) is 5.92 Å². The summed E-state index contributed by atoms with van der Waals surface area (Å²) in [6.45, 7) is 0.677. The summed E-state index contributed by atoms with van der Waals surface area (Å²) in [6, 6.07) is 3.92. The molecule has 2 aliphatic rings. The van der Waals surface area contributed by atoms with Crippen molar-refractivity contribution in [2.75, 3.05) is 30.0 Å². The van der Waals surface area contributed by atoms with Crippen LogP contribution in [0.15, 0.2) is 17.5 Å². The van der Waals surface area contributed by atoms with Crippen molar-refractivity contribution in [3.05, 3.63) is 28.0 Å². The lowest BCUT2D eigenvalue weighted by molar-refractivity contribution is -0.121. The van der Waals surface area contributed by atoms with Crippen LogP contribution in [0.3, 0.4) is 0 Å². The quantitative estimate of drug-likeness (QED) is 0.754. The zero-order chi connectivity index (χ0) is 20.8. The predicted molar refractivity (Wildman–Crippen MR) is 110 cm³/mol. The maximum absolute atomic E-state index is 12.9. The summed E-state index contributed by atoms with van der Waals surface area (Å²) in [4.78, 5) is 26.1. The number of aryl methyl sites for hydroxylation is 1. The molecule has 2 aliphatic heterocycles. The van der Waals surface area contributed by atoms with Crippen molar-refractivity contribution in [1.29, 1.82) is 0 Å². The first kappa shape index (κ1) is 20.0. The molecule has 9 nitrogen and oxygen atoms in total. The second kappa shape index (κ2) is 7.54. The van der Waals surface area contributed by atoms with Crippen molar-refractivity contribution in [3.63, 3.8) is 0 Å². The topological polar surface area (TPSA) is 113 Å². The van der Waals surface area contributed by atoms with Gasteiger partial charge in [-0.15, -0.1) is 11.3 Å². The third-order valence-corrected chi connectivity index (χ3v) is 7.79. The van der Waals surface area contributed by atoms with Crippen LogP contribution in [0.1, 0.15) is 35.6 Å². The van der Waals surface area contributed by atoms with Crippen LogP contribution in [0.4, 0.5) is 11.6 Å². The summed E-state index contributed by atoms with van der Waals surface area (Å²) in [5.41, 5.74) is 0.816. The second-order valence-corrected chi connectivity index (χ2v) is 10.4. The number of carbonyl (C=O) groups excluding carboxylic acids is 2. The minimum absolute atomic E-state index is 0.0788. The fourth-order valence-corrected chi connectivity index (χ4v) is 5.69. The molecule has 1 fully saturated rings. The maximum Gasteiger partial charge on any atom is 0.228 e. The molecule has 1 saturated heterocycles. The number of sulfonamides is 1. The molecule has 0 spiro atoms. The highest BCUT2D eigenvalue weighted by Gasteiger charge is 2.35. The first-order valence-electron chi connectivity index (χ1n) is 9.40. The lowest BCUT2D eigenvalue weighted by Crippen LogP contribution is -2.41. The van der Waals surface area contributed by atoms with Crippen LogP contribution in [-0.4, -0.2) is 53.7 Å². The Hall–Kier alpha value is -2.24. The molecule has 0 radical (unpaired) electrons. The van der Waals surface area contributed by atoms with Crippen molar-refractivity contribution < 1.29 is 18.0 Å². The molecule has 1 atom stereocenters. The molecule has 4 heterocycles. The van der Waals surface area contributed by atoms with E-state index in [2.05, 4.69) is 15.7 Å². The van der Waals surface area contributed by atoms with Crippen LogP contribution in [0.5, 0.6) is 0 Å². The van der Waals surface area contributed by atoms with Crippen LogP contribution < -0.4 is 10.6 Å². The molecule has 156 valence electrons. The molecular weight excluding hydrogens is 414 g/mol. The highest BCUT2D eigenvalue weighted by molar-refractivity contribution is 7.88. The predicted octanol–water partition coefficient (Wildman–Crippen LogP) is 1.57. The average Bonchev–Trinajstić information content (AvgIpc) is 3.30. The van der Waals surface area contributed by atoms with E-state index in [4.69, 9.17) is 0 Å². The number of fused-ring (bicyclic) bond motifs is 1. The Kier molecular flexibility index (Phi) is 5.21. The van der Waals surface area contributed by atoms with Gasteiger partial charge in [0, 0.05) is 48.8 Å². The summed E-state index contributed by atoms with van der Waals surface area (Å²) in [6.07, 6.45) is 2.43. The molecule has 2 aromatic heterocycles. The molecule has 2 aromatic rings. The van der Waals surface area contributed by atoms with E-state index in [-0.39, 0.29) is 23.7 Å². The van der Waals surface area contributed by atoms with Gasteiger partial charge in [0.15, 0.2) is 5.82 Å². The molecular formula is C18H23N5O4S2. The van der Waals surface area contributed by atoms with E-state index < -0.39 is 10.0 Å². The number of piperidine rings is 1. The van der Waals surface area contributed by atoms with Gasteiger partial charge >= 0.3 is 0 Å². The lowest BCUT2D eigenvalue weighted by Gasteiger charge is -2.29. The van der Waals surface area contributed by atoms with Crippen molar-refractivity contribution in [3.8, 4) is 0 Å². The molecule has 11 heteroatoms. The average molecular weight is 438 g/mol. The molecule has 2 amide bonds. The fourth-order valence-electron chi connectivity index (χ4n) is 3.98. The van der Waals surface area contributed by atoms with Gasteiger partial charge in [-0.1, -0.05) is 6.07 Å². The normalized spacial score (nSPS) is 20.9. The molecule has 29 heavy (non-hydrogen) atoms. The van der Waals surface area contributed by atoms with Gasteiger partial charge in [-0.3, -0.25) is 14.3 Å². The number of nitrogens with zero attached hydrogens (tertiary/aromatic N) is 3. The number of carbonyl (C=O) groups is 2. The van der Waals surface area contributed by atoms with E-state index >= 15 is 0 Å².